The number of hydrogen-bond acceptors (Lipinski definition) is 7. The van der Waals surface area contributed by atoms with Crippen LogP contribution in [0.4, 0.5) is 4.39 Å². The molecule has 1 N–H and O–H groups in total. The number of nitrogens with zero attached hydrogens (tertiary/aromatic N) is 3. The predicted molar refractivity (Wildman–Crippen MR) is 130 cm³/mol. The summed E-state index contributed by atoms with van der Waals surface area (Å²) in [6.07, 6.45) is 0.474. The van der Waals surface area contributed by atoms with Gasteiger partial charge in [-0.3, -0.25) is 14.5 Å². The summed E-state index contributed by atoms with van der Waals surface area (Å²) in [5, 5.41) is 11.2. The molecular weight excluding hydrogens is 465 g/mol. The van der Waals surface area contributed by atoms with Gasteiger partial charge in [0.1, 0.15) is 12.4 Å². The van der Waals surface area contributed by atoms with Crippen LogP contribution in [0.1, 0.15) is 42.0 Å². The van der Waals surface area contributed by atoms with Crippen LogP contribution < -0.4 is 5.56 Å². The van der Waals surface area contributed by atoms with Gasteiger partial charge in [0.15, 0.2) is 0 Å². The van der Waals surface area contributed by atoms with Crippen LogP contribution in [-0.2, 0) is 39.4 Å². The number of cyclic esters (lactones) is 1. The summed E-state index contributed by atoms with van der Waals surface area (Å²) < 4.78 is 26.8. The number of carbonyl (C=O) groups is 1. The normalized spacial score (nSPS) is 21.6. The Bertz CT molecular complexity index is 1440. The molecule has 1 fully saturated rings. The maximum atomic E-state index is 14.2. The first-order valence-corrected chi connectivity index (χ1v) is 12.4. The molecule has 9 heteroatoms. The lowest BCUT2D eigenvalue weighted by molar-refractivity contribution is -0.146. The molecule has 8 nitrogen and oxygen atoms in total. The van der Waals surface area contributed by atoms with Crippen LogP contribution in [0.2, 0.25) is 0 Å². The van der Waals surface area contributed by atoms with Gasteiger partial charge in [0.2, 0.25) is 0 Å². The van der Waals surface area contributed by atoms with E-state index in [1.807, 2.05) is 13.0 Å². The molecule has 0 amide bonds. The Hall–Kier alpha value is -3.14. The molecule has 0 aliphatic carbocycles. The van der Waals surface area contributed by atoms with E-state index in [1.54, 1.807) is 10.6 Å². The number of morpholine rings is 1. The number of rotatable bonds is 4. The van der Waals surface area contributed by atoms with E-state index in [0.717, 1.165) is 29.6 Å². The topological polar surface area (TPSA) is 93.9 Å². The van der Waals surface area contributed by atoms with Crippen molar-refractivity contribution >= 4 is 16.9 Å². The lowest BCUT2D eigenvalue weighted by atomic mass is 9.74. The van der Waals surface area contributed by atoms with Gasteiger partial charge in [0, 0.05) is 42.1 Å². The Morgan fingerprint density at radius 3 is 2.72 bits per heavy atom. The van der Waals surface area contributed by atoms with E-state index in [-0.39, 0.29) is 31.0 Å². The van der Waals surface area contributed by atoms with Crippen LogP contribution in [-0.4, -0.2) is 58.4 Å². The number of ether oxygens (including phenoxy) is 2. The summed E-state index contributed by atoms with van der Waals surface area (Å²) in [5.74, 6) is -0.801. The third kappa shape index (κ3) is 3.56. The van der Waals surface area contributed by atoms with E-state index in [0.29, 0.717) is 60.8 Å². The molecular formula is C27H28FN3O5. The second kappa shape index (κ2) is 8.76. The van der Waals surface area contributed by atoms with Crippen LogP contribution in [0.25, 0.3) is 22.3 Å². The highest BCUT2D eigenvalue weighted by Gasteiger charge is 2.41. The molecule has 0 bridgehead atoms. The quantitative estimate of drug-likeness (QED) is 0.437. The van der Waals surface area contributed by atoms with E-state index in [4.69, 9.17) is 14.5 Å². The Labute approximate surface area is 207 Å². The molecule has 1 unspecified atom stereocenters. The maximum absolute atomic E-state index is 14.2. The number of carbonyl (C=O) groups excluding carboxylic acids is 1. The van der Waals surface area contributed by atoms with Gasteiger partial charge in [-0.25, -0.2) is 9.37 Å². The zero-order chi connectivity index (χ0) is 25.0. The first kappa shape index (κ1) is 23.3. The lowest BCUT2D eigenvalue weighted by Crippen LogP contribution is -2.36. The van der Waals surface area contributed by atoms with E-state index in [9.17, 15) is 19.1 Å². The van der Waals surface area contributed by atoms with Gasteiger partial charge in [0.05, 0.1) is 55.3 Å². The van der Waals surface area contributed by atoms with E-state index < -0.39 is 11.4 Å². The number of fused-ring (bicyclic) bond motifs is 5. The molecule has 3 aromatic rings. The highest BCUT2D eigenvalue weighted by Crippen LogP contribution is 2.41. The molecule has 1 atom stereocenters. The van der Waals surface area contributed by atoms with Crippen molar-refractivity contribution in [2.75, 3.05) is 32.9 Å². The Morgan fingerprint density at radius 2 is 1.97 bits per heavy atom. The first-order chi connectivity index (χ1) is 17.4. The second-order valence-electron chi connectivity index (χ2n) is 9.91. The lowest BCUT2D eigenvalue weighted by Gasteiger charge is -2.30. The monoisotopic (exact) mass is 493 g/mol. The first-order valence-electron chi connectivity index (χ1n) is 12.4. The SMILES string of the molecule is CCC1(CO)CC(=O)OCc2c1cc1n(c2=O)Cc2c-1nc1cc(F)ccc1c2CN1CCOCC1. The summed E-state index contributed by atoms with van der Waals surface area (Å²) in [5.41, 5.74) is 3.69. The molecule has 2 aromatic heterocycles. The van der Waals surface area contributed by atoms with Gasteiger partial charge >= 0.3 is 5.97 Å². The molecule has 0 radical (unpaired) electrons. The van der Waals surface area contributed by atoms with Crippen molar-refractivity contribution in [1.29, 1.82) is 0 Å². The number of hydrogen-bond donors (Lipinski definition) is 1. The van der Waals surface area contributed by atoms with Gasteiger partial charge in [-0.15, -0.1) is 0 Å². The number of aliphatic hydroxyl groups is 1. The summed E-state index contributed by atoms with van der Waals surface area (Å²) in [6.45, 7) is 5.38. The molecule has 0 saturated carbocycles. The Balaban J connectivity index is 1.58. The smallest absolute Gasteiger partial charge is 0.307 e. The van der Waals surface area contributed by atoms with E-state index in [2.05, 4.69) is 4.90 Å². The van der Waals surface area contributed by atoms with Crippen molar-refractivity contribution < 1.29 is 23.8 Å². The fourth-order valence-corrected chi connectivity index (χ4v) is 5.85. The Morgan fingerprint density at radius 1 is 1.17 bits per heavy atom. The molecule has 3 aliphatic heterocycles. The third-order valence-electron chi connectivity index (χ3n) is 8.02. The maximum Gasteiger partial charge on any atom is 0.307 e. The van der Waals surface area contributed by atoms with Crippen LogP contribution in [0.15, 0.2) is 29.1 Å². The molecule has 1 aromatic carbocycles. The minimum absolute atomic E-state index is 0.00138. The summed E-state index contributed by atoms with van der Waals surface area (Å²) in [7, 11) is 0. The zero-order valence-corrected chi connectivity index (χ0v) is 20.2. The van der Waals surface area contributed by atoms with Crippen molar-refractivity contribution in [3.63, 3.8) is 0 Å². The van der Waals surface area contributed by atoms with Crippen LogP contribution in [0.5, 0.6) is 0 Å². The minimum atomic E-state index is -0.903. The number of halogens is 1. The van der Waals surface area contributed by atoms with Gasteiger partial charge in [-0.1, -0.05) is 6.92 Å². The van der Waals surface area contributed by atoms with E-state index >= 15 is 0 Å². The molecule has 36 heavy (non-hydrogen) atoms. The Kier molecular flexibility index (Phi) is 5.66. The van der Waals surface area contributed by atoms with Crippen molar-refractivity contribution in [2.45, 2.75) is 44.9 Å². The third-order valence-corrected chi connectivity index (χ3v) is 8.02. The second-order valence-corrected chi connectivity index (χ2v) is 9.91. The molecule has 188 valence electrons. The number of aromatic nitrogens is 2. The number of esters is 1. The average Bonchev–Trinajstić information content (AvgIpc) is 3.18. The average molecular weight is 494 g/mol. The van der Waals surface area contributed by atoms with Crippen molar-refractivity contribution in [1.82, 2.24) is 14.5 Å². The molecule has 6 rings (SSSR count). The predicted octanol–water partition coefficient (Wildman–Crippen LogP) is 2.48. The minimum Gasteiger partial charge on any atom is -0.461 e. The van der Waals surface area contributed by atoms with Gasteiger partial charge in [-0.05, 0) is 35.7 Å². The van der Waals surface area contributed by atoms with E-state index in [1.165, 1.54) is 12.1 Å². The largest absolute Gasteiger partial charge is 0.461 e. The summed E-state index contributed by atoms with van der Waals surface area (Å²) in [6, 6.07) is 6.53. The summed E-state index contributed by atoms with van der Waals surface area (Å²) >= 11 is 0. The van der Waals surface area contributed by atoms with Crippen LogP contribution >= 0.6 is 0 Å². The highest BCUT2D eigenvalue weighted by atomic mass is 19.1. The summed E-state index contributed by atoms with van der Waals surface area (Å²) in [4.78, 5) is 33.3. The fourth-order valence-electron chi connectivity index (χ4n) is 5.85. The van der Waals surface area contributed by atoms with Gasteiger partial charge < -0.3 is 19.1 Å². The molecule has 1 saturated heterocycles. The zero-order valence-electron chi connectivity index (χ0n) is 20.2. The molecule has 3 aliphatic rings. The number of benzene rings is 1. The van der Waals surface area contributed by atoms with Gasteiger partial charge in [-0.2, -0.15) is 0 Å². The highest BCUT2D eigenvalue weighted by molar-refractivity contribution is 5.88. The number of pyridine rings is 2. The van der Waals surface area contributed by atoms with Crippen molar-refractivity contribution in [3.8, 4) is 11.4 Å². The van der Waals surface area contributed by atoms with Crippen molar-refractivity contribution in [3.05, 3.63) is 62.7 Å². The molecule has 5 heterocycles. The van der Waals surface area contributed by atoms with Crippen LogP contribution in [0.3, 0.4) is 0 Å². The van der Waals surface area contributed by atoms with Crippen molar-refractivity contribution in [2.24, 2.45) is 0 Å². The standard InChI is InChI=1S/C27H28FN3O5/c1-2-27(15-32)11-24(33)36-14-20-21(27)10-23-25-19(13-31(23)26(20)34)18(12-30-5-7-35-8-6-30)17-4-3-16(28)9-22(17)29-25/h3-4,9-10,32H,2,5-8,11-15H2,1H3. The van der Waals surface area contributed by atoms with Gasteiger partial charge in [0.25, 0.3) is 5.56 Å². The molecule has 0 spiro atoms. The number of aliphatic hydroxyl groups excluding tert-OH is 1. The van der Waals surface area contributed by atoms with Crippen LogP contribution in [0, 0.1) is 5.82 Å². The fraction of sp³-hybridized carbons (Fsp3) is 0.444.